The molecule has 0 aliphatic carbocycles. The number of nitrogens with zero attached hydrogens (tertiary/aromatic N) is 2. The van der Waals surface area contributed by atoms with Gasteiger partial charge in [0, 0.05) is 10.6 Å². The molecular formula is C19H19ClN2O2. The summed E-state index contributed by atoms with van der Waals surface area (Å²) in [6.45, 7) is 6.68. The maximum Gasteiger partial charge on any atom is 0.254 e. The summed E-state index contributed by atoms with van der Waals surface area (Å²) in [5.41, 5.74) is 1.92. The van der Waals surface area contributed by atoms with Gasteiger partial charge in [-0.3, -0.25) is 0 Å². The molecule has 0 amide bonds. The Balaban J connectivity index is 1.75. The summed E-state index contributed by atoms with van der Waals surface area (Å²) >= 11 is 5.99. The number of ether oxygens (including phenoxy) is 1. The van der Waals surface area contributed by atoms with Gasteiger partial charge in [-0.2, -0.15) is 0 Å². The number of hydrogen-bond acceptors (Lipinski definition) is 4. The van der Waals surface area contributed by atoms with Gasteiger partial charge in [0.05, 0.1) is 0 Å². The fourth-order valence-corrected chi connectivity index (χ4v) is 2.59. The Bertz CT molecular complexity index is 837. The zero-order chi connectivity index (χ0) is 17.2. The summed E-state index contributed by atoms with van der Waals surface area (Å²) in [6.07, 6.45) is 0. The molecule has 0 saturated carbocycles. The number of halogens is 1. The van der Waals surface area contributed by atoms with E-state index >= 15 is 0 Å². The molecule has 4 nitrogen and oxygen atoms in total. The summed E-state index contributed by atoms with van der Waals surface area (Å²) in [7, 11) is 0. The quantitative estimate of drug-likeness (QED) is 0.648. The molecule has 0 bridgehead atoms. The molecule has 0 aliphatic rings. The standard InChI is InChI=1S/C19H19ClN2O2/c1-19(2,3)15-9-4-5-10-16(15)23-12-17-21-22-18(24-17)13-7-6-8-14(20)11-13/h4-11H,12H2,1-3H3. The first-order chi connectivity index (χ1) is 11.4. The minimum absolute atomic E-state index is 0.00260. The fourth-order valence-electron chi connectivity index (χ4n) is 2.40. The number of rotatable bonds is 4. The van der Waals surface area contributed by atoms with Crippen molar-refractivity contribution in [2.24, 2.45) is 0 Å². The smallest absolute Gasteiger partial charge is 0.254 e. The third-order valence-electron chi connectivity index (χ3n) is 3.58. The van der Waals surface area contributed by atoms with Crippen molar-refractivity contribution in [3.05, 3.63) is 65.0 Å². The lowest BCUT2D eigenvalue weighted by atomic mass is 9.86. The van der Waals surface area contributed by atoms with Crippen LogP contribution in [-0.2, 0) is 12.0 Å². The first-order valence-electron chi connectivity index (χ1n) is 7.74. The molecule has 124 valence electrons. The van der Waals surface area contributed by atoms with Crippen molar-refractivity contribution in [1.82, 2.24) is 10.2 Å². The predicted octanol–water partition coefficient (Wildman–Crippen LogP) is 5.27. The number of para-hydroxylation sites is 1. The van der Waals surface area contributed by atoms with Crippen LogP contribution in [0, 0.1) is 0 Å². The van der Waals surface area contributed by atoms with E-state index in [1.165, 1.54) is 0 Å². The van der Waals surface area contributed by atoms with Gasteiger partial charge in [0.1, 0.15) is 5.75 Å². The van der Waals surface area contributed by atoms with E-state index in [-0.39, 0.29) is 12.0 Å². The van der Waals surface area contributed by atoms with Crippen molar-refractivity contribution in [1.29, 1.82) is 0 Å². The van der Waals surface area contributed by atoms with Gasteiger partial charge >= 0.3 is 0 Å². The van der Waals surface area contributed by atoms with Crippen molar-refractivity contribution in [3.63, 3.8) is 0 Å². The largest absolute Gasteiger partial charge is 0.484 e. The van der Waals surface area contributed by atoms with Crippen LogP contribution in [0.25, 0.3) is 11.5 Å². The minimum atomic E-state index is -0.00260. The predicted molar refractivity (Wildman–Crippen MR) is 94.2 cm³/mol. The Labute approximate surface area is 146 Å². The molecule has 3 rings (SSSR count). The van der Waals surface area contributed by atoms with Crippen LogP contribution in [-0.4, -0.2) is 10.2 Å². The zero-order valence-corrected chi connectivity index (χ0v) is 14.7. The fraction of sp³-hybridized carbons (Fsp3) is 0.263. The number of aromatic nitrogens is 2. The molecular weight excluding hydrogens is 324 g/mol. The number of hydrogen-bond donors (Lipinski definition) is 0. The second-order valence-electron chi connectivity index (χ2n) is 6.55. The maximum atomic E-state index is 5.99. The van der Waals surface area contributed by atoms with Crippen molar-refractivity contribution < 1.29 is 9.15 Å². The molecule has 0 N–H and O–H groups in total. The van der Waals surface area contributed by atoms with Crippen LogP contribution in [0.1, 0.15) is 32.2 Å². The van der Waals surface area contributed by atoms with Crippen LogP contribution in [0.2, 0.25) is 5.02 Å². The molecule has 0 fully saturated rings. The van der Waals surface area contributed by atoms with Crippen LogP contribution in [0.3, 0.4) is 0 Å². The second kappa shape index (κ2) is 6.65. The minimum Gasteiger partial charge on any atom is -0.484 e. The molecule has 1 heterocycles. The molecule has 0 radical (unpaired) electrons. The Morgan fingerprint density at radius 3 is 2.58 bits per heavy atom. The lowest BCUT2D eigenvalue weighted by Gasteiger charge is -2.22. The summed E-state index contributed by atoms with van der Waals surface area (Å²) in [5, 5.41) is 8.73. The maximum absolute atomic E-state index is 5.99. The Morgan fingerprint density at radius 2 is 1.83 bits per heavy atom. The van der Waals surface area contributed by atoms with E-state index in [2.05, 4.69) is 37.0 Å². The molecule has 0 aliphatic heterocycles. The third kappa shape index (κ3) is 3.77. The van der Waals surface area contributed by atoms with Crippen molar-refractivity contribution in [3.8, 4) is 17.2 Å². The van der Waals surface area contributed by atoms with E-state index in [1.807, 2.05) is 30.3 Å². The highest BCUT2D eigenvalue weighted by Crippen LogP contribution is 2.31. The van der Waals surface area contributed by atoms with E-state index in [1.54, 1.807) is 12.1 Å². The molecule has 1 aromatic heterocycles. The Morgan fingerprint density at radius 1 is 1.04 bits per heavy atom. The van der Waals surface area contributed by atoms with E-state index in [9.17, 15) is 0 Å². The summed E-state index contributed by atoms with van der Waals surface area (Å²) in [6, 6.07) is 15.3. The lowest BCUT2D eigenvalue weighted by molar-refractivity contribution is 0.258. The molecule has 5 heteroatoms. The normalized spacial score (nSPS) is 11.5. The average Bonchev–Trinajstić information content (AvgIpc) is 3.01. The second-order valence-corrected chi connectivity index (χ2v) is 6.98. The molecule has 0 unspecified atom stereocenters. The van der Waals surface area contributed by atoms with E-state index in [0.29, 0.717) is 16.8 Å². The summed E-state index contributed by atoms with van der Waals surface area (Å²) < 4.78 is 11.6. The van der Waals surface area contributed by atoms with Gasteiger partial charge in [-0.25, -0.2) is 0 Å². The van der Waals surface area contributed by atoms with Gasteiger partial charge in [0.2, 0.25) is 5.89 Å². The Kier molecular flexibility index (Phi) is 4.58. The van der Waals surface area contributed by atoms with Crippen molar-refractivity contribution in [2.45, 2.75) is 32.8 Å². The van der Waals surface area contributed by atoms with E-state index < -0.39 is 0 Å². The van der Waals surface area contributed by atoms with Gasteiger partial charge < -0.3 is 9.15 Å². The number of benzene rings is 2. The van der Waals surface area contributed by atoms with Crippen LogP contribution in [0.15, 0.2) is 52.9 Å². The first kappa shape index (κ1) is 16.5. The molecule has 24 heavy (non-hydrogen) atoms. The summed E-state index contributed by atoms with van der Waals surface area (Å²) in [5.74, 6) is 1.68. The zero-order valence-electron chi connectivity index (χ0n) is 13.9. The first-order valence-corrected chi connectivity index (χ1v) is 8.12. The van der Waals surface area contributed by atoms with Crippen LogP contribution < -0.4 is 4.74 Å². The highest BCUT2D eigenvalue weighted by molar-refractivity contribution is 6.30. The summed E-state index contributed by atoms with van der Waals surface area (Å²) in [4.78, 5) is 0. The van der Waals surface area contributed by atoms with E-state index in [0.717, 1.165) is 16.9 Å². The van der Waals surface area contributed by atoms with Gasteiger partial charge in [-0.15, -0.1) is 10.2 Å². The van der Waals surface area contributed by atoms with Gasteiger partial charge in [-0.05, 0) is 35.2 Å². The monoisotopic (exact) mass is 342 g/mol. The van der Waals surface area contributed by atoms with E-state index in [4.69, 9.17) is 20.8 Å². The molecule has 2 aromatic carbocycles. The Hall–Kier alpha value is -2.33. The van der Waals surface area contributed by atoms with Gasteiger partial charge in [0.25, 0.3) is 5.89 Å². The van der Waals surface area contributed by atoms with Crippen molar-refractivity contribution >= 4 is 11.6 Å². The molecule has 0 saturated heterocycles. The topological polar surface area (TPSA) is 48.2 Å². The van der Waals surface area contributed by atoms with Crippen molar-refractivity contribution in [2.75, 3.05) is 0 Å². The lowest BCUT2D eigenvalue weighted by Crippen LogP contribution is -2.13. The SMILES string of the molecule is CC(C)(C)c1ccccc1OCc1nnc(-c2cccc(Cl)c2)o1. The molecule has 0 spiro atoms. The average molecular weight is 343 g/mol. The molecule has 0 atom stereocenters. The third-order valence-corrected chi connectivity index (χ3v) is 3.82. The highest BCUT2D eigenvalue weighted by atomic mass is 35.5. The molecule has 3 aromatic rings. The highest BCUT2D eigenvalue weighted by Gasteiger charge is 2.19. The van der Waals surface area contributed by atoms with Crippen LogP contribution in [0.5, 0.6) is 5.75 Å². The van der Waals surface area contributed by atoms with Crippen LogP contribution >= 0.6 is 11.6 Å². The van der Waals surface area contributed by atoms with Gasteiger partial charge in [-0.1, -0.05) is 56.6 Å². The van der Waals surface area contributed by atoms with Crippen LogP contribution in [0.4, 0.5) is 0 Å². The van der Waals surface area contributed by atoms with Gasteiger partial charge in [0.15, 0.2) is 6.61 Å².